The van der Waals surface area contributed by atoms with Crippen molar-refractivity contribution in [3.63, 3.8) is 0 Å². The third-order valence-corrected chi connectivity index (χ3v) is 16.6. The maximum absolute atomic E-state index is 13.6. The number of aryl methyl sites for hydroxylation is 1. The van der Waals surface area contributed by atoms with Gasteiger partial charge in [0.05, 0.1) is 51.7 Å². The van der Waals surface area contributed by atoms with Gasteiger partial charge in [0, 0.05) is 37.0 Å². The maximum Gasteiger partial charge on any atom is 0.334 e. The number of ether oxygens (including phenoxy) is 3. The van der Waals surface area contributed by atoms with Gasteiger partial charge >= 0.3 is 5.69 Å². The summed E-state index contributed by atoms with van der Waals surface area (Å²) in [5.41, 5.74) is 4.89. The minimum Gasteiger partial charge on any atom is -0.494 e. The number of hydrogen-bond donors (Lipinski definition) is 4. The lowest BCUT2D eigenvalue weighted by atomic mass is 10.1. The summed E-state index contributed by atoms with van der Waals surface area (Å²) >= 11 is 3.09. The molecule has 2 aromatic heterocycles. The number of unbranched alkanes of at least 4 members (excludes halogenated alkanes) is 1. The number of hydrogen-bond acceptors (Lipinski definition) is 15. The molecule has 0 spiro atoms. The molecule has 23 heteroatoms. The minimum absolute atomic E-state index is 0.0122. The van der Waals surface area contributed by atoms with Crippen molar-refractivity contribution in [2.45, 2.75) is 62.5 Å². The molecule has 0 saturated carbocycles. The first-order valence-corrected chi connectivity index (χ1v) is 29.6. The third-order valence-electron chi connectivity index (χ3n) is 12.8. The Hall–Kier alpha value is -7.47. The Labute approximate surface area is 457 Å². The molecule has 4 heterocycles. The fourth-order valence-corrected chi connectivity index (χ4v) is 12.3. The number of amides is 1. The molecule has 406 valence electrons. The number of fused-ring (bicyclic) bond motifs is 5. The molecule has 1 amide bonds. The number of rotatable bonds is 22. The molecule has 0 bridgehead atoms. The summed E-state index contributed by atoms with van der Waals surface area (Å²) in [5, 5.41) is 17.7. The van der Waals surface area contributed by atoms with E-state index in [1.54, 1.807) is 18.3 Å². The standard InChI is InChI=1S/C55H54N6O13S4/c1-4-6-26-59-53(63)42(20-24-49-57(5-2)43-33-40(78(69,70)71)19-21-45(43)74-49)54(64)60(55(59)65)35-48(62)56-25-28-72-29-30-73-36(3)61-44-32-39(37-13-8-7-9-14-37)18-22-46(44)75-51(61)34-50-58(27-12-31-77(66,67)68)52-41-16-11-10-15-38(41)17-23-47(52)76-50/h7-11,13-23,32-34H,3-6,12,25-31,35H2,1-2H3,(H3-,56,62,63,64,66,67,68,69,70,71)/p+1. The van der Waals surface area contributed by atoms with E-state index in [0.717, 1.165) is 67.9 Å². The molecule has 19 nitrogen and oxygen atoms in total. The zero-order valence-corrected chi connectivity index (χ0v) is 45.7. The molecule has 0 atom stereocenters. The van der Waals surface area contributed by atoms with Crippen LogP contribution >= 0.6 is 23.1 Å². The van der Waals surface area contributed by atoms with Crippen molar-refractivity contribution >= 4 is 93.8 Å². The highest BCUT2D eigenvalue weighted by Crippen LogP contribution is 2.50. The zero-order chi connectivity index (χ0) is 55.3. The van der Waals surface area contributed by atoms with Crippen LogP contribution in [0.1, 0.15) is 43.7 Å². The first-order valence-electron chi connectivity index (χ1n) is 24.9. The topological polar surface area (TPSA) is 240 Å². The van der Waals surface area contributed by atoms with Crippen molar-refractivity contribution < 1.29 is 54.6 Å². The van der Waals surface area contributed by atoms with Crippen LogP contribution in [-0.4, -0.2) is 84.8 Å². The van der Waals surface area contributed by atoms with E-state index in [4.69, 9.17) is 14.2 Å². The summed E-state index contributed by atoms with van der Waals surface area (Å²) in [4.78, 5) is 44.6. The van der Waals surface area contributed by atoms with Gasteiger partial charge in [-0.2, -0.15) is 21.4 Å². The van der Waals surface area contributed by atoms with E-state index in [-0.39, 0.29) is 68.0 Å². The summed E-state index contributed by atoms with van der Waals surface area (Å²) in [5.74, 6) is -1.21. The van der Waals surface area contributed by atoms with Gasteiger partial charge in [-0.15, -0.1) is 0 Å². The fourth-order valence-electron chi connectivity index (χ4n) is 9.05. The molecule has 9 rings (SSSR count). The molecule has 2 aliphatic rings. The van der Waals surface area contributed by atoms with Crippen LogP contribution in [-0.2, 0) is 54.1 Å². The summed E-state index contributed by atoms with van der Waals surface area (Å²) in [6, 6.07) is 32.0. The zero-order valence-electron chi connectivity index (χ0n) is 42.5. The summed E-state index contributed by atoms with van der Waals surface area (Å²) in [7, 11) is -8.71. The van der Waals surface area contributed by atoms with Crippen LogP contribution in [0.4, 0.5) is 11.4 Å². The first kappa shape index (κ1) is 55.3. The monoisotopic (exact) mass is 1140 g/mol. The highest BCUT2D eigenvalue weighted by atomic mass is 32.2. The number of benzene rings is 5. The number of anilines is 2. The molecule has 0 unspecified atom stereocenters. The Morgan fingerprint density at radius 1 is 0.885 bits per heavy atom. The van der Waals surface area contributed by atoms with E-state index in [0.29, 0.717) is 31.0 Å². The van der Waals surface area contributed by atoms with Crippen molar-refractivity contribution in [1.82, 2.24) is 14.5 Å². The second-order valence-corrected chi connectivity index (χ2v) is 23.1. The van der Waals surface area contributed by atoms with E-state index >= 15 is 0 Å². The summed E-state index contributed by atoms with van der Waals surface area (Å²) in [6.45, 7) is 8.18. The van der Waals surface area contributed by atoms with Gasteiger partial charge in [-0.3, -0.25) is 32.7 Å². The molecule has 7 aromatic rings. The van der Waals surface area contributed by atoms with E-state index in [1.165, 1.54) is 34.9 Å². The number of thioether (sulfide) groups is 1. The van der Waals surface area contributed by atoms with Gasteiger partial charge in [0.1, 0.15) is 23.4 Å². The van der Waals surface area contributed by atoms with Crippen LogP contribution in [0.15, 0.2) is 152 Å². The molecule has 2 aliphatic heterocycles. The quantitative estimate of drug-likeness (QED) is 0.0165. The van der Waals surface area contributed by atoms with Crippen LogP contribution in [0.5, 0.6) is 11.6 Å². The Kier molecular flexibility index (Phi) is 16.8. The maximum atomic E-state index is 13.6. The Morgan fingerprint density at radius 2 is 1.67 bits per heavy atom. The van der Waals surface area contributed by atoms with E-state index in [9.17, 15) is 45.4 Å². The lowest BCUT2D eigenvalue weighted by Crippen LogP contribution is -2.43. The average molecular weight is 1140 g/mol. The average Bonchev–Trinajstić information content (AvgIpc) is 4.13. The van der Waals surface area contributed by atoms with Gasteiger partial charge in [-0.1, -0.05) is 103 Å². The summed E-state index contributed by atoms with van der Waals surface area (Å²) in [6.07, 6.45) is 4.45. The van der Waals surface area contributed by atoms with Gasteiger partial charge < -0.3 is 29.5 Å². The number of carbonyl (C=O) groups excluding carboxylic acids is 1. The predicted molar refractivity (Wildman–Crippen MR) is 301 cm³/mol. The smallest absolute Gasteiger partial charge is 0.334 e. The number of thiazole rings is 1. The molecular weight excluding hydrogens is 1080 g/mol. The number of aromatic hydroxyl groups is 1. The Balaban J connectivity index is 0.880. The second-order valence-electron chi connectivity index (χ2n) is 18.0. The van der Waals surface area contributed by atoms with Gasteiger partial charge in [0.25, 0.3) is 30.8 Å². The van der Waals surface area contributed by atoms with Crippen molar-refractivity contribution in [3.05, 3.63) is 164 Å². The van der Waals surface area contributed by atoms with Crippen LogP contribution in [0.25, 0.3) is 44.3 Å². The Bertz CT molecular complexity index is 3940. The molecule has 4 N–H and O–H groups in total. The predicted octanol–water partition coefficient (Wildman–Crippen LogP) is 7.97. The van der Waals surface area contributed by atoms with E-state index in [1.807, 2.05) is 72.5 Å². The minimum atomic E-state index is -4.52. The van der Waals surface area contributed by atoms with Crippen molar-refractivity contribution in [3.8, 4) is 22.8 Å². The molecule has 0 aliphatic carbocycles. The highest BCUT2D eigenvalue weighted by Gasteiger charge is 2.32. The number of nitrogens with one attached hydrogen (secondary N) is 1. The van der Waals surface area contributed by atoms with Crippen LogP contribution in [0.3, 0.4) is 0 Å². The number of nitrogens with zero attached hydrogens (tertiary/aromatic N) is 5. The van der Waals surface area contributed by atoms with Gasteiger partial charge in [-0.05, 0) is 78.9 Å². The van der Waals surface area contributed by atoms with Crippen LogP contribution in [0, 0.1) is 0 Å². The largest absolute Gasteiger partial charge is 0.494 e. The molecule has 0 fully saturated rings. The lowest BCUT2D eigenvalue weighted by molar-refractivity contribution is -0.667. The SMILES string of the molecule is C=C(OCCOCCNC(=O)Cn1c(O)c(C=C=C2Oc3ccc(S(=O)(=O)O)cc3N2CC)c(=O)n(CCCC)c1=O)N1C(=Cc2sc3ccc4ccccc4c3[n+]2CCCS(=O)(=O)O)Sc2ccc(-c3ccccc3)cc21. The van der Waals surface area contributed by atoms with Crippen molar-refractivity contribution in [1.29, 1.82) is 0 Å². The van der Waals surface area contributed by atoms with Crippen LogP contribution in [0.2, 0.25) is 0 Å². The molecule has 0 saturated heterocycles. The van der Waals surface area contributed by atoms with E-state index in [2.05, 4.69) is 52.5 Å². The lowest BCUT2D eigenvalue weighted by Gasteiger charge is -2.23. The van der Waals surface area contributed by atoms with E-state index < -0.39 is 55.6 Å². The summed E-state index contributed by atoms with van der Waals surface area (Å²) < 4.78 is 89.3. The van der Waals surface area contributed by atoms with Crippen LogP contribution < -0.4 is 35.7 Å². The molecular formula is C55H55N6O13S4+. The van der Waals surface area contributed by atoms with Gasteiger partial charge in [-0.25, -0.2) is 4.79 Å². The normalized spacial score (nSPS) is 13.7. The van der Waals surface area contributed by atoms with Gasteiger partial charge in [0.2, 0.25) is 23.2 Å². The number of carbonyl (C=O) groups is 1. The molecule has 5 aromatic carbocycles. The third kappa shape index (κ3) is 12.1. The highest BCUT2D eigenvalue weighted by molar-refractivity contribution is 8.04. The van der Waals surface area contributed by atoms with Gasteiger partial charge in [0.15, 0.2) is 18.2 Å². The van der Waals surface area contributed by atoms with Crippen molar-refractivity contribution in [2.75, 3.05) is 48.5 Å². The second kappa shape index (κ2) is 23.6. The number of aromatic nitrogens is 3. The fraction of sp³-hybridized carbons (Fsp3) is 0.255. The molecule has 0 radical (unpaired) electrons. The Morgan fingerprint density at radius 3 is 2.42 bits per heavy atom. The molecule has 78 heavy (non-hydrogen) atoms. The van der Waals surface area contributed by atoms with Crippen molar-refractivity contribution in [2.24, 2.45) is 0 Å². The first-order chi connectivity index (χ1) is 37.4.